The molecule has 2 aromatic heterocycles. The minimum atomic E-state index is -0.295. The third-order valence-corrected chi connectivity index (χ3v) is 4.45. The summed E-state index contributed by atoms with van der Waals surface area (Å²) in [5.41, 5.74) is 1.83. The lowest BCUT2D eigenvalue weighted by atomic mass is 10.1. The second-order valence-corrected chi connectivity index (χ2v) is 6.42. The van der Waals surface area contributed by atoms with Crippen LogP contribution in [0.5, 0.6) is 11.5 Å². The minimum absolute atomic E-state index is 0.295. The number of nitrogens with zero attached hydrogens (tertiary/aromatic N) is 4. The Morgan fingerprint density at radius 2 is 1.71 bits per heavy atom. The van der Waals surface area contributed by atoms with Crippen LogP contribution >= 0.6 is 0 Å². The second kappa shape index (κ2) is 8.95. The van der Waals surface area contributed by atoms with E-state index in [2.05, 4.69) is 25.9 Å². The van der Waals surface area contributed by atoms with Crippen LogP contribution in [0.3, 0.4) is 0 Å². The summed E-state index contributed by atoms with van der Waals surface area (Å²) < 4.78 is 12.2. The van der Waals surface area contributed by atoms with Crippen LogP contribution in [0.1, 0.15) is 10.4 Å². The van der Waals surface area contributed by atoms with Gasteiger partial charge in [0.2, 0.25) is 0 Å². The zero-order valence-corrected chi connectivity index (χ0v) is 16.9. The van der Waals surface area contributed by atoms with E-state index in [1.54, 1.807) is 47.4 Å². The molecule has 0 saturated heterocycles. The molecule has 0 fully saturated rings. The van der Waals surface area contributed by atoms with Gasteiger partial charge >= 0.3 is 0 Å². The molecule has 0 aliphatic carbocycles. The third kappa shape index (κ3) is 4.45. The van der Waals surface area contributed by atoms with Crippen molar-refractivity contribution in [3.8, 4) is 17.3 Å². The molecule has 0 aliphatic heterocycles. The first-order valence-electron chi connectivity index (χ1n) is 9.41. The highest BCUT2D eigenvalue weighted by molar-refractivity contribution is 6.06. The summed E-state index contributed by atoms with van der Waals surface area (Å²) in [7, 11) is 3.03. The number of aromatic nitrogens is 4. The van der Waals surface area contributed by atoms with Crippen molar-refractivity contribution in [3.05, 3.63) is 78.6 Å². The molecule has 0 spiro atoms. The molecule has 0 saturated carbocycles. The monoisotopic (exact) mass is 416 g/mol. The third-order valence-electron chi connectivity index (χ3n) is 4.45. The smallest absolute Gasteiger partial charge is 0.259 e. The number of methoxy groups -OCH3 is 2. The number of carbonyl (C=O) groups excluding carboxylic acids is 1. The van der Waals surface area contributed by atoms with Gasteiger partial charge in [-0.05, 0) is 54.6 Å². The number of carbonyl (C=O) groups is 1. The summed E-state index contributed by atoms with van der Waals surface area (Å²) in [6, 6.07) is 17.9. The van der Waals surface area contributed by atoms with E-state index in [9.17, 15) is 4.79 Å². The number of amides is 1. The Labute approximate surface area is 178 Å². The number of hydrogen-bond acceptors (Lipinski definition) is 7. The van der Waals surface area contributed by atoms with E-state index in [0.29, 0.717) is 34.4 Å². The van der Waals surface area contributed by atoms with E-state index in [0.717, 1.165) is 5.69 Å². The largest absolute Gasteiger partial charge is 0.493 e. The zero-order chi connectivity index (χ0) is 21.6. The highest BCUT2D eigenvalue weighted by Gasteiger charge is 2.16. The lowest BCUT2D eigenvalue weighted by Gasteiger charge is -2.13. The van der Waals surface area contributed by atoms with Crippen LogP contribution in [0.2, 0.25) is 0 Å². The molecule has 0 aliphatic rings. The maximum Gasteiger partial charge on any atom is 0.259 e. The fraction of sp³-hybridized carbons (Fsp3) is 0.0909. The van der Waals surface area contributed by atoms with Crippen molar-refractivity contribution in [2.75, 3.05) is 24.9 Å². The van der Waals surface area contributed by atoms with Crippen LogP contribution in [0, 0.1) is 0 Å². The number of ether oxygens (including phenoxy) is 2. The maximum atomic E-state index is 12.7. The van der Waals surface area contributed by atoms with Crippen LogP contribution in [-0.4, -0.2) is 40.1 Å². The fourth-order valence-electron chi connectivity index (χ4n) is 2.97. The van der Waals surface area contributed by atoms with E-state index < -0.39 is 0 Å². The molecule has 4 rings (SSSR count). The van der Waals surface area contributed by atoms with Gasteiger partial charge in [-0.3, -0.25) is 4.79 Å². The van der Waals surface area contributed by atoms with Gasteiger partial charge in [-0.25, -0.2) is 4.68 Å². The molecule has 1 amide bonds. The Balaban J connectivity index is 1.42. The van der Waals surface area contributed by atoms with Crippen molar-refractivity contribution in [1.82, 2.24) is 20.0 Å². The van der Waals surface area contributed by atoms with Crippen molar-refractivity contribution in [2.45, 2.75) is 0 Å². The minimum Gasteiger partial charge on any atom is -0.493 e. The molecule has 0 atom stereocenters. The molecule has 2 heterocycles. The van der Waals surface area contributed by atoms with Crippen LogP contribution in [0.4, 0.5) is 17.2 Å². The molecule has 156 valence electrons. The molecule has 31 heavy (non-hydrogen) atoms. The van der Waals surface area contributed by atoms with E-state index >= 15 is 0 Å². The Kier molecular flexibility index (Phi) is 5.75. The first-order valence-corrected chi connectivity index (χ1v) is 9.41. The van der Waals surface area contributed by atoms with Gasteiger partial charge < -0.3 is 20.1 Å². The maximum absolute atomic E-state index is 12.7. The second-order valence-electron chi connectivity index (χ2n) is 6.42. The first-order chi connectivity index (χ1) is 15.2. The Bertz CT molecular complexity index is 1160. The normalized spacial score (nSPS) is 10.4. The summed E-state index contributed by atoms with van der Waals surface area (Å²) in [6.07, 6.45) is 3.48. The summed E-state index contributed by atoms with van der Waals surface area (Å²) in [5.74, 6) is 1.80. The Morgan fingerprint density at radius 1 is 0.903 bits per heavy atom. The summed E-state index contributed by atoms with van der Waals surface area (Å²) in [5, 5.41) is 18.5. The summed E-state index contributed by atoms with van der Waals surface area (Å²) >= 11 is 0. The van der Waals surface area contributed by atoms with Gasteiger partial charge in [0.15, 0.2) is 23.1 Å². The predicted molar refractivity (Wildman–Crippen MR) is 116 cm³/mol. The van der Waals surface area contributed by atoms with Gasteiger partial charge in [0.1, 0.15) is 0 Å². The predicted octanol–water partition coefficient (Wildman–Crippen LogP) is 3.68. The highest BCUT2D eigenvalue weighted by atomic mass is 16.5. The van der Waals surface area contributed by atoms with Crippen molar-refractivity contribution in [2.24, 2.45) is 0 Å². The van der Waals surface area contributed by atoms with Crippen molar-refractivity contribution in [3.63, 3.8) is 0 Å². The molecule has 4 aromatic rings. The molecule has 0 bridgehead atoms. The van der Waals surface area contributed by atoms with Crippen molar-refractivity contribution < 1.29 is 14.3 Å². The lowest BCUT2D eigenvalue weighted by molar-refractivity contribution is 0.102. The number of nitrogens with one attached hydrogen (secondary N) is 2. The molecule has 0 unspecified atom stereocenters. The molecule has 0 radical (unpaired) electrons. The number of hydrogen-bond donors (Lipinski definition) is 2. The van der Waals surface area contributed by atoms with E-state index in [1.165, 1.54) is 14.2 Å². The molecule has 9 heteroatoms. The number of para-hydroxylation sites is 1. The van der Waals surface area contributed by atoms with Gasteiger partial charge in [0, 0.05) is 23.8 Å². The molecule has 2 aromatic carbocycles. The van der Waals surface area contributed by atoms with Crippen LogP contribution in [0.15, 0.2) is 73.1 Å². The van der Waals surface area contributed by atoms with Gasteiger partial charge in [-0.15, -0.1) is 10.2 Å². The number of rotatable bonds is 7. The zero-order valence-electron chi connectivity index (χ0n) is 16.9. The Hall–Kier alpha value is -4.40. The quantitative estimate of drug-likeness (QED) is 0.474. The van der Waals surface area contributed by atoms with Crippen molar-refractivity contribution in [1.29, 1.82) is 0 Å². The molecule has 9 nitrogen and oxygen atoms in total. The van der Waals surface area contributed by atoms with Crippen molar-refractivity contribution >= 4 is 23.1 Å². The molecule has 2 N–H and O–H groups in total. The summed E-state index contributed by atoms with van der Waals surface area (Å²) in [6.45, 7) is 0. The lowest BCUT2D eigenvalue weighted by Crippen LogP contribution is -2.13. The standard InChI is InChI=1S/C22H20N6O3/c1-30-18-6-3-5-17(21(18)31-2)22(29)25-16-9-7-15(8-10-16)24-19-11-12-20(27-26-19)28-14-4-13-23-28/h3-14H,1-2H3,(H,24,26)(H,25,29). The SMILES string of the molecule is COc1cccc(C(=O)Nc2ccc(Nc3ccc(-n4cccn4)nn3)cc2)c1OC. The van der Waals surface area contributed by atoms with E-state index in [-0.39, 0.29) is 5.91 Å². The average molecular weight is 416 g/mol. The van der Waals surface area contributed by atoms with Crippen LogP contribution in [0.25, 0.3) is 5.82 Å². The Morgan fingerprint density at radius 3 is 2.35 bits per heavy atom. The van der Waals surface area contributed by atoms with Crippen LogP contribution < -0.4 is 20.1 Å². The van der Waals surface area contributed by atoms with Gasteiger partial charge in [0.25, 0.3) is 5.91 Å². The van der Waals surface area contributed by atoms with Gasteiger partial charge in [0.05, 0.1) is 19.8 Å². The van der Waals surface area contributed by atoms with E-state index in [1.807, 2.05) is 30.3 Å². The van der Waals surface area contributed by atoms with Crippen LogP contribution in [-0.2, 0) is 0 Å². The first kappa shape index (κ1) is 19.9. The van der Waals surface area contributed by atoms with Gasteiger partial charge in [-0.2, -0.15) is 5.10 Å². The van der Waals surface area contributed by atoms with Gasteiger partial charge in [-0.1, -0.05) is 6.07 Å². The fourth-order valence-corrected chi connectivity index (χ4v) is 2.97. The topological polar surface area (TPSA) is 103 Å². The number of anilines is 3. The molecular weight excluding hydrogens is 396 g/mol. The van der Waals surface area contributed by atoms with E-state index in [4.69, 9.17) is 9.47 Å². The molecular formula is C22H20N6O3. The number of benzene rings is 2. The highest BCUT2D eigenvalue weighted by Crippen LogP contribution is 2.31. The summed E-state index contributed by atoms with van der Waals surface area (Å²) in [4.78, 5) is 12.7. The average Bonchev–Trinajstić information content (AvgIpc) is 3.35.